The van der Waals surface area contributed by atoms with Gasteiger partial charge in [0.1, 0.15) is 0 Å². The minimum absolute atomic E-state index is 0.0562. The number of thiol groups is 1. The highest BCUT2D eigenvalue weighted by Gasteiger charge is 2.07. The molecule has 1 aromatic heterocycles. The van der Waals surface area contributed by atoms with Gasteiger partial charge < -0.3 is 9.84 Å². The van der Waals surface area contributed by atoms with Crippen LogP contribution in [-0.4, -0.2) is 22.2 Å². The quantitative estimate of drug-likeness (QED) is 0.520. The minimum atomic E-state index is 0.0562. The first-order chi connectivity index (χ1) is 8.67. The molecule has 0 saturated heterocycles. The summed E-state index contributed by atoms with van der Waals surface area (Å²) in [5.74, 6) is 0.447. The molecule has 4 nitrogen and oxygen atoms in total. The summed E-state index contributed by atoms with van der Waals surface area (Å²) >= 11 is 4.27. The summed E-state index contributed by atoms with van der Waals surface area (Å²) in [6.45, 7) is 0. The lowest BCUT2D eigenvalue weighted by Crippen LogP contribution is -1.90. The first-order valence-electron chi connectivity index (χ1n) is 5.35. The standard InChI is InChI=1S/C13H10N2O2S/c1-17-13-6-11-10(5-12(13)16)15-9-4-7(18)2-3-8(9)14-11/h2-6,16,18H,1H3. The van der Waals surface area contributed by atoms with Crippen molar-refractivity contribution in [1.29, 1.82) is 0 Å². The van der Waals surface area contributed by atoms with E-state index in [-0.39, 0.29) is 5.75 Å². The largest absolute Gasteiger partial charge is 0.504 e. The second-order valence-electron chi connectivity index (χ2n) is 3.91. The molecule has 3 aromatic rings. The summed E-state index contributed by atoms with van der Waals surface area (Å²) in [6, 6.07) is 8.79. The van der Waals surface area contributed by atoms with Crippen LogP contribution in [0.1, 0.15) is 0 Å². The summed E-state index contributed by atoms with van der Waals surface area (Å²) in [5.41, 5.74) is 2.84. The molecule has 0 aliphatic heterocycles. The van der Waals surface area contributed by atoms with Crippen molar-refractivity contribution in [3.8, 4) is 11.5 Å². The van der Waals surface area contributed by atoms with Crippen LogP contribution in [0.25, 0.3) is 22.1 Å². The summed E-state index contributed by atoms with van der Waals surface area (Å²) in [7, 11) is 1.50. The van der Waals surface area contributed by atoms with E-state index in [1.54, 1.807) is 12.1 Å². The van der Waals surface area contributed by atoms with E-state index < -0.39 is 0 Å². The molecule has 0 aliphatic carbocycles. The molecule has 0 unspecified atom stereocenters. The van der Waals surface area contributed by atoms with Crippen molar-refractivity contribution < 1.29 is 9.84 Å². The number of hydrogen-bond acceptors (Lipinski definition) is 5. The van der Waals surface area contributed by atoms with E-state index in [0.717, 1.165) is 15.9 Å². The smallest absolute Gasteiger partial charge is 0.162 e. The van der Waals surface area contributed by atoms with Crippen molar-refractivity contribution in [2.75, 3.05) is 7.11 Å². The fourth-order valence-corrected chi connectivity index (χ4v) is 2.04. The fourth-order valence-electron chi connectivity index (χ4n) is 1.84. The van der Waals surface area contributed by atoms with E-state index >= 15 is 0 Å². The van der Waals surface area contributed by atoms with Crippen molar-refractivity contribution in [3.05, 3.63) is 30.3 Å². The highest BCUT2D eigenvalue weighted by atomic mass is 32.1. The van der Waals surface area contributed by atoms with Crippen molar-refractivity contribution in [2.24, 2.45) is 0 Å². The summed E-state index contributed by atoms with van der Waals surface area (Å²) in [5, 5.41) is 9.73. The lowest BCUT2D eigenvalue weighted by atomic mass is 10.2. The number of ether oxygens (including phenoxy) is 1. The SMILES string of the molecule is COc1cc2nc3ccc(S)cc3nc2cc1O. The van der Waals surface area contributed by atoms with Crippen LogP contribution in [0.4, 0.5) is 0 Å². The third kappa shape index (κ3) is 1.73. The number of rotatable bonds is 1. The zero-order valence-corrected chi connectivity index (χ0v) is 10.5. The molecule has 0 spiro atoms. The number of phenolic OH excluding ortho intramolecular Hbond substituents is 1. The third-order valence-corrected chi connectivity index (χ3v) is 3.00. The molecule has 1 heterocycles. The predicted molar refractivity (Wildman–Crippen MR) is 72.5 cm³/mol. The van der Waals surface area contributed by atoms with Gasteiger partial charge in [-0.1, -0.05) is 0 Å². The number of fused-ring (bicyclic) bond motifs is 2. The molecule has 0 radical (unpaired) electrons. The molecule has 0 saturated carbocycles. The van der Waals surface area contributed by atoms with Gasteiger partial charge in [0.25, 0.3) is 0 Å². The minimum Gasteiger partial charge on any atom is -0.504 e. The van der Waals surface area contributed by atoms with E-state index in [1.807, 2.05) is 18.2 Å². The molecular formula is C13H10N2O2S. The Balaban J connectivity index is 2.37. The maximum absolute atomic E-state index is 9.73. The van der Waals surface area contributed by atoms with E-state index in [9.17, 15) is 5.11 Å². The summed E-state index contributed by atoms with van der Waals surface area (Å²) in [6.07, 6.45) is 0. The topological polar surface area (TPSA) is 55.2 Å². The Morgan fingerprint density at radius 1 is 1.00 bits per heavy atom. The zero-order chi connectivity index (χ0) is 12.7. The molecule has 0 fully saturated rings. The Morgan fingerprint density at radius 2 is 1.67 bits per heavy atom. The molecule has 0 amide bonds. The highest BCUT2D eigenvalue weighted by Crippen LogP contribution is 2.30. The van der Waals surface area contributed by atoms with Crippen LogP contribution >= 0.6 is 12.6 Å². The molecule has 90 valence electrons. The average molecular weight is 258 g/mol. The van der Waals surface area contributed by atoms with E-state index in [2.05, 4.69) is 22.6 Å². The molecule has 2 aromatic carbocycles. The third-order valence-electron chi connectivity index (χ3n) is 2.72. The number of phenols is 1. The molecular weight excluding hydrogens is 248 g/mol. The van der Waals surface area contributed by atoms with Gasteiger partial charge in [-0.25, -0.2) is 9.97 Å². The maximum atomic E-state index is 9.73. The molecule has 5 heteroatoms. The summed E-state index contributed by atoms with van der Waals surface area (Å²) < 4.78 is 5.05. The Hall–Kier alpha value is -2.01. The van der Waals surface area contributed by atoms with Gasteiger partial charge in [0.15, 0.2) is 11.5 Å². The number of methoxy groups -OCH3 is 1. The number of benzene rings is 2. The van der Waals surface area contributed by atoms with Crippen LogP contribution in [0.3, 0.4) is 0 Å². The van der Waals surface area contributed by atoms with Gasteiger partial charge >= 0.3 is 0 Å². The van der Waals surface area contributed by atoms with Crippen LogP contribution in [0.2, 0.25) is 0 Å². The molecule has 3 rings (SSSR count). The average Bonchev–Trinajstić information content (AvgIpc) is 2.35. The normalized spacial score (nSPS) is 11.0. The zero-order valence-electron chi connectivity index (χ0n) is 9.58. The predicted octanol–water partition coefficient (Wildman–Crippen LogP) is 2.79. The van der Waals surface area contributed by atoms with Gasteiger partial charge in [-0.05, 0) is 18.2 Å². The van der Waals surface area contributed by atoms with Crippen molar-refractivity contribution >= 4 is 34.7 Å². The summed E-state index contributed by atoms with van der Waals surface area (Å²) in [4.78, 5) is 9.76. The van der Waals surface area contributed by atoms with Crippen LogP contribution < -0.4 is 4.74 Å². The van der Waals surface area contributed by atoms with Gasteiger partial charge in [0.2, 0.25) is 0 Å². The van der Waals surface area contributed by atoms with Crippen LogP contribution in [0, 0.1) is 0 Å². The second kappa shape index (κ2) is 4.03. The van der Waals surface area contributed by atoms with Gasteiger partial charge in [0.05, 0.1) is 29.2 Å². The van der Waals surface area contributed by atoms with Crippen LogP contribution in [0.5, 0.6) is 11.5 Å². The van der Waals surface area contributed by atoms with E-state index in [4.69, 9.17) is 4.74 Å². The Kier molecular flexibility index (Phi) is 2.48. The Morgan fingerprint density at radius 3 is 2.44 bits per heavy atom. The molecule has 1 N–H and O–H groups in total. The van der Waals surface area contributed by atoms with Gasteiger partial charge in [0, 0.05) is 17.0 Å². The molecule has 0 bridgehead atoms. The van der Waals surface area contributed by atoms with Gasteiger partial charge in [-0.3, -0.25) is 0 Å². The van der Waals surface area contributed by atoms with Crippen molar-refractivity contribution in [2.45, 2.75) is 4.90 Å². The molecule has 0 atom stereocenters. The van der Waals surface area contributed by atoms with Gasteiger partial charge in [-0.2, -0.15) is 0 Å². The van der Waals surface area contributed by atoms with E-state index in [1.165, 1.54) is 7.11 Å². The number of aromatic hydroxyl groups is 1. The Bertz CT molecular complexity index is 759. The lowest BCUT2D eigenvalue weighted by Gasteiger charge is -2.06. The highest BCUT2D eigenvalue weighted by molar-refractivity contribution is 7.80. The van der Waals surface area contributed by atoms with Crippen LogP contribution in [0.15, 0.2) is 35.2 Å². The van der Waals surface area contributed by atoms with Gasteiger partial charge in [-0.15, -0.1) is 12.6 Å². The van der Waals surface area contributed by atoms with Crippen molar-refractivity contribution in [1.82, 2.24) is 9.97 Å². The molecule has 18 heavy (non-hydrogen) atoms. The number of aromatic nitrogens is 2. The fraction of sp³-hybridized carbons (Fsp3) is 0.0769. The Labute approximate surface area is 109 Å². The second-order valence-corrected chi connectivity index (χ2v) is 4.43. The number of nitrogens with zero attached hydrogens (tertiary/aromatic N) is 2. The first kappa shape index (κ1) is 11.1. The lowest BCUT2D eigenvalue weighted by molar-refractivity contribution is 0.374. The van der Waals surface area contributed by atoms with Crippen LogP contribution in [-0.2, 0) is 0 Å². The van der Waals surface area contributed by atoms with E-state index in [0.29, 0.717) is 16.8 Å². The monoisotopic (exact) mass is 258 g/mol. The first-order valence-corrected chi connectivity index (χ1v) is 5.79. The molecule has 0 aliphatic rings. The number of hydrogen-bond donors (Lipinski definition) is 2. The maximum Gasteiger partial charge on any atom is 0.162 e. The van der Waals surface area contributed by atoms with Crippen molar-refractivity contribution in [3.63, 3.8) is 0 Å².